The standard InChI is InChI=1S/C30H49N/c1-31(2)27-20-16-14-12-10-8-6-4-3-5-7-9-11-13-15-17-22-28-24-21-25-29-23-18-19-26-30(28)29/h18-19,21,23-26H,3-17,20,22,27H2,1-2H3. The Labute approximate surface area is 193 Å². The van der Waals surface area contributed by atoms with Crippen LogP contribution in [0.15, 0.2) is 42.5 Å². The van der Waals surface area contributed by atoms with Gasteiger partial charge < -0.3 is 4.90 Å². The third-order valence-corrected chi connectivity index (χ3v) is 6.68. The van der Waals surface area contributed by atoms with E-state index in [0.29, 0.717) is 0 Å². The van der Waals surface area contributed by atoms with Gasteiger partial charge in [0.05, 0.1) is 0 Å². The molecule has 0 amide bonds. The van der Waals surface area contributed by atoms with Gasteiger partial charge in [-0.2, -0.15) is 0 Å². The molecule has 1 heteroatoms. The summed E-state index contributed by atoms with van der Waals surface area (Å²) in [4.78, 5) is 2.30. The van der Waals surface area contributed by atoms with Gasteiger partial charge in [0.25, 0.3) is 0 Å². The summed E-state index contributed by atoms with van der Waals surface area (Å²) in [6.45, 7) is 1.26. The second kappa shape index (κ2) is 17.2. The van der Waals surface area contributed by atoms with Crippen LogP contribution in [0.1, 0.15) is 108 Å². The largest absolute Gasteiger partial charge is 0.309 e. The van der Waals surface area contributed by atoms with Crippen molar-refractivity contribution in [1.29, 1.82) is 0 Å². The van der Waals surface area contributed by atoms with Crippen molar-refractivity contribution in [2.24, 2.45) is 0 Å². The van der Waals surface area contributed by atoms with Crippen LogP contribution in [0, 0.1) is 0 Å². The molecule has 0 spiro atoms. The number of unbranched alkanes of at least 4 members (excludes halogenated alkanes) is 15. The molecule has 0 aliphatic heterocycles. The number of aryl methyl sites for hydroxylation is 1. The second-order valence-corrected chi connectivity index (χ2v) is 9.85. The Morgan fingerprint density at radius 2 is 0.935 bits per heavy atom. The molecule has 31 heavy (non-hydrogen) atoms. The van der Waals surface area contributed by atoms with Crippen LogP contribution in [0.25, 0.3) is 10.8 Å². The molecule has 0 bridgehead atoms. The lowest BCUT2D eigenvalue weighted by Crippen LogP contribution is -2.12. The molecule has 0 saturated carbocycles. The van der Waals surface area contributed by atoms with E-state index in [2.05, 4.69) is 61.5 Å². The summed E-state index contributed by atoms with van der Waals surface area (Å²) in [6.07, 6.45) is 24.2. The number of nitrogens with zero attached hydrogens (tertiary/aromatic N) is 1. The van der Waals surface area contributed by atoms with E-state index in [4.69, 9.17) is 0 Å². The van der Waals surface area contributed by atoms with Crippen molar-refractivity contribution in [2.45, 2.75) is 109 Å². The molecule has 0 unspecified atom stereocenters. The number of hydrogen-bond donors (Lipinski definition) is 0. The van der Waals surface area contributed by atoms with Crippen molar-refractivity contribution in [2.75, 3.05) is 20.6 Å². The minimum Gasteiger partial charge on any atom is -0.309 e. The van der Waals surface area contributed by atoms with E-state index in [0.717, 1.165) is 0 Å². The van der Waals surface area contributed by atoms with E-state index in [-0.39, 0.29) is 0 Å². The van der Waals surface area contributed by atoms with Crippen LogP contribution in [-0.4, -0.2) is 25.5 Å². The summed E-state index contributed by atoms with van der Waals surface area (Å²) in [6, 6.07) is 15.6. The molecule has 0 N–H and O–H groups in total. The highest BCUT2D eigenvalue weighted by Gasteiger charge is 2.00. The van der Waals surface area contributed by atoms with Gasteiger partial charge >= 0.3 is 0 Å². The van der Waals surface area contributed by atoms with Crippen LogP contribution < -0.4 is 0 Å². The molecule has 0 heterocycles. The van der Waals surface area contributed by atoms with Crippen LogP contribution in [-0.2, 0) is 6.42 Å². The molecule has 0 radical (unpaired) electrons. The monoisotopic (exact) mass is 423 g/mol. The smallest absolute Gasteiger partial charge is 0.00248 e. The van der Waals surface area contributed by atoms with E-state index >= 15 is 0 Å². The van der Waals surface area contributed by atoms with Crippen LogP contribution in [0.3, 0.4) is 0 Å². The Kier molecular flexibility index (Phi) is 14.4. The molecule has 2 rings (SSSR count). The lowest BCUT2D eigenvalue weighted by molar-refractivity contribution is 0.389. The first-order chi connectivity index (χ1) is 15.3. The van der Waals surface area contributed by atoms with Crippen molar-refractivity contribution in [3.8, 4) is 0 Å². The third kappa shape index (κ3) is 12.3. The normalized spacial score (nSPS) is 11.6. The Bertz CT molecular complexity index is 670. The molecule has 174 valence electrons. The maximum absolute atomic E-state index is 2.31. The molecule has 0 fully saturated rings. The zero-order valence-electron chi connectivity index (χ0n) is 20.7. The minimum atomic E-state index is 1.23. The van der Waals surface area contributed by atoms with Crippen LogP contribution in [0.4, 0.5) is 0 Å². The van der Waals surface area contributed by atoms with Gasteiger partial charge in [0, 0.05) is 0 Å². The van der Waals surface area contributed by atoms with Gasteiger partial charge in [-0.1, -0.05) is 132 Å². The number of benzene rings is 2. The molecule has 0 saturated heterocycles. The van der Waals surface area contributed by atoms with Gasteiger partial charge in [0.1, 0.15) is 0 Å². The lowest BCUT2D eigenvalue weighted by atomic mass is 9.99. The van der Waals surface area contributed by atoms with Crippen molar-refractivity contribution in [3.63, 3.8) is 0 Å². The molecule has 0 aliphatic rings. The number of fused-ring (bicyclic) bond motifs is 1. The van der Waals surface area contributed by atoms with Crippen LogP contribution >= 0.6 is 0 Å². The minimum absolute atomic E-state index is 1.23. The molecule has 0 aliphatic carbocycles. The van der Waals surface area contributed by atoms with E-state index in [9.17, 15) is 0 Å². The predicted molar refractivity (Wildman–Crippen MR) is 140 cm³/mol. The average Bonchev–Trinajstić information content (AvgIpc) is 2.78. The fourth-order valence-electron chi connectivity index (χ4n) is 4.73. The zero-order chi connectivity index (χ0) is 22.0. The van der Waals surface area contributed by atoms with E-state index in [1.54, 1.807) is 0 Å². The van der Waals surface area contributed by atoms with Crippen LogP contribution in [0.5, 0.6) is 0 Å². The van der Waals surface area contributed by atoms with E-state index in [1.165, 1.54) is 132 Å². The Morgan fingerprint density at radius 3 is 1.48 bits per heavy atom. The predicted octanol–water partition coefficient (Wildman–Crippen LogP) is 9.19. The first kappa shape index (κ1) is 25.9. The highest BCUT2D eigenvalue weighted by atomic mass is 15.0. The summed E-state index contributed by atoms with van der Waals surface area (Å²) in [7, 11) is 4.35. The lowest BCUT2D eigenvalue weighted by Gasteiger charge is -2.08. The topological polar surface area (TPSA) is 3.24 Å². The third-order valence-electron chi connectivity index (χ3n) is 6.68. The number of hydrogen-bond acceptors (Lipinski definition) is 1. The Balaban J connectivity index is 1.32. The summed E-state index contributed by atoms with van der Waals surface area (Å²) in [5, 5.41) is 2.83. The maximum Gasteiger partial charge on any atom is -0.00248 e. The summed E-state index contributed by atoms with van der Waals surface area (Å²) >= 11 is 0. The highest BCUT2D eigenvalue weighted by Crippen LogP contribution is 2.21. The quantitative estimate of drug-likeness (QED) is 0.203. The van der Waals surface area contributed by atoms with Gasteiger partial charge in [0.15, 0.2) is 0 Å². The van der Waals surface area contributed by atoms with Crippen molar-refractivity contribution in [3.05, 3.63) is 48.0 Å². The van der Waals surface area contributed by atoms with Gasteiger partial charge in [-0.25, -0.2) is 0 Å². The molecular formula is C30H49N. The Hall–Kier alpha value is -1.34. The van der Waals surface area contributed by atoms with Gasteiger partial charge in [-0.15, -0.1) is 0 Å². The molecule has 1 nitrogen and oxygen atoms in total. The highest BCUT2D eigenvalue weighted by molar-refractivity contribution is 5.85. The van der Waals surface area contributed by atoms with E-state index in [1.807, 2.05) is 0 Å². The fourth-order valence-corrected chi connectivity index (χ4v) is 4.73. The average molecular weight is 424 g/mol. The summed E-state index contributed by atoms with van der Waals surface area (Å²) in [5.41, 5.74) is 1.53. The fraction of sp³-hybridized carbons (Fsp3) is 0.667. The maximum atomic E-state index is 2.31. The molecule has 2 aromatic carbocycles. The van der Waals surface area contributed by atoms with E-state index < -0.39 is 0 Å². The van der Waals surface area contributed by atoms with Crippen molar-refractivity contribution < 1.29 is 0 Å². The molecule has 0 aromatic heterocycles. The van der Waals surface area contributed by atoms with Gasteiger partial charge in [0.2, 0.25) is 0 Å². The van der Waals surface area contributed by atoms with Crippen molar-refractivity contribution >= 4 is 10.8 Å². The summed E-state index contributed by atoms with van der Waals surface area (Å²) < 4.78 is 0. The zero-order valence-corrected chi connectivity index (χ0v) is 20.7. The Morgan fingerprint density at radius 1 is 0.484 bits per heavy atom. The SMILES string of the molecule is CN(C)CCCCCCCCCCCCCCCCCCc1cccc2ccccc12. The van der Waals surface area contributed by atoms with Gasteiger partial charge in [-0.3, -0.25) is 0 Å². The summed E-state index contributed by atoms with van der Waals surface area (Å²) in [5.74, 6) is 0. The van der Waals surface area contributed by atoms with Gasteiger partial charge in [-0.05, 0) is 56.2 Å². The van der Waals surface area contributed by atoms with Crippen LogP contribution in [0.2, 0.25) is 0 Å². The molecule has 2 aromatic rings. The molecule has 0 atom stereocenters. The molecular weight excluding hydrogens is 374 g/mol. The van der Waals surface area contributed by atoms with Crippen molar-refractivity contribution in [1.82, 2.24) is 4.90 Å². The first-order valence-electron chi connectivity index (χ1n) is 13.4. The first-order valence-corrected chi connectivity index (χ1v) is 13.4. The number of rotatable bonds is 19. The second-order valence-electron chi connectivity index (χ2n) is 9.85.